The number of hydrogen-bond donors (Lipinski definition) is 2. The Morgan fingerprint density at radius 1 is 1.15 bits per heavy atom. The van der Waals surface area contributed by atoms with Gasteiger partial charge in [0.1, 0.15) is 0 Å². The molecule has 4 rings (SSSR count). The van der Waals surface area contributed by atoms with Crippen LogP contribution in [0, 0.1) is 12.8 Å². The van der Waals surface area contributed by atoms with E-state index < -0.39 is 0 Å². The highest BCUT2D eigenvalue weighted by Gasteiger charge is 2.31. The Labute approximate surface area is 153 Å². The molecule has 2 fully saturated rings. The third-order valence-electron chi connectivity index (χ3n) is 5.11. The summed E-state index contributed by atoms with van der Waals surface area (Å²) in [4.78, 5) is 31.3. The predicted octanol–water partition coefficient (Wildman–Crippen LogP) is 3.07. The topological polar surface area (TPSA) is 74.3 Å². The summed E-state index contributed by atoms with van der Waals surface area (Å²) in [5.41, 5.74) is 2.60. The average molecular weight is 352 g/mol. The van der Waals surface area contributed by atoms with Crippen molar-refractivity contribution in [1.82, 2.24) is 15.2 Å². The molecule has 6 heteroatoms. The Morgan fingerprint density at radius 3 is 2.81 bits per heavy atom. The van der Waals surface area contributed by atoms with E-state index in [2.05, 4.69) is 15.6 Å². The second kappa shape index (κ2) is 6.94. The number of carbonyl (C=O) groups is 2. The fraction of sp³-hybridized carbons (Fsp3) is 0.450. The number of hydrogen-bond acceptors (Lipinski definition) is 3. The molecule has 2 aliphatic rings. The molecule has 2 aromatic rings. The molecule has 1 saturated heterocycles. The van der Waals surface area contributed by atoms with Crippen molar-refractivity contribution in [2.45, 2.75) is 38.6 Å². The summed E-state index contributed by atoms with van der Waals surface area (Å²) < 4.78 is 0. The summed E-state index contributed by atoms with van der Waals surface area (Å²) in [6.45, 7) is 3.15. The van der Waals surface area contributed by atoms with Crippen LogP contribution in [0.3, 0.4) is 0 Å². The van der Waals surface area contributed by atoms with Gasteiger partial charge in [-0.1, -0.05) is 6.07 Å². The lowest BCUT2D eigenvalue weighted by Crippen LogP contribution is -2.48. The van der Waals surface area contributed by atoms with Gasteiger partial charge in [0.2, 0.25) is 5.91 Å². The molecule has 2 heterocycles. The van der Waals surface area contributed by atoms with Crippen LogP contribution in [0.1, 0.15) is 31.4 Å². The normalized spacial score (nSPS) is 20.0. The van der Waals surface area contributed by atoms with Crippen LogP contribution in [0.5, 0.6) is 0 Å². The lowest BCUT2D eigenvalue weighted by atomic mass is 9.97. The SMILES string of the molecule is Cc1ccc2c(NC(=O)C3CCCN(C(=O)NC4CC4)C3)cccc2n1. The second-order valence-corrected chi connectivity index (χ2v) is 7.32. The summed E-state index contributed by atoms with van der Waals surface area (Å²) >= 11 is 0. The zero-order valence-corrected chi connectivity index (χ0v) is 15.0. The summed E-state index contributed by atoms with van der Waals surface area (Å²) in [6, 6.07) is 9.99. The Morgan fingerprint density at radius 2 is 2.00 bits per heavy atom. The number of aromatic nitrogens is 1. The molecule has 136 valence electrons. The maximum absolute atomic E-state index is 12.8. The molecule has 26 heavy (non-hydrogen) atoms. The monoisotopic (exact) mass is 352 g/mol. The van der Waals surface area contributed by atoms with Crippen LogP contribution >= 0.6 is 0 Å². The van der Waals surface area contributed by atoms with Crippen LogP contribution in [-0.4, -0.2) is 41.0 Å². The van der Waals surface area contributed by atoms with Gasteiger partial charge in [-0.3, -0.25) is 9.78 Å². The predicted molar refractivity (Wildman–Crippen MR) is 101 cm³/mol. The maximum Gasteiger partial charge on any atom is 0.317 e. The first-order valence-corrected chi connectivity index (χ1v) is 9.33. The molecule has 1 saturated carbocycles. The average Bonchev–Trinajstić information content (AvgIpc) is 3.45. The van der Waals surface area contributed by atoms with E-state index in [1.165, 1.54) is 0 Å². The number of likely N-dealkylation sites (tertiary alicyclic amines) is 1. The van der Waals surface area contributed by atoms with Gasteiger partial charge in [0.15, 0.2) is 0 Å². The molecule has 1 unspecified atom stereocenters. The lowest BCUT2D eigenvalue weighted by Gasteiger charge is -2.32. The molecule has 1 aliphatic carbocycles. The molecule has 1 aliphatic heterocycles. The summed E-state index contributed by atoms with van der Waals surface area (Å²) in [5, 5.41) is 6.99. The molecule has 2 N–H and O–H groups in total. The standard InChI is InChI=1S/C20H24N4O2/c1-13-7-10-16-17(21-13)5-2-6-18(16)23-19(25)14-4-3-11-24(12-14)20(26)22-15-8-9-15/h2,5-7,10,14-15H,3-4,8-9,11-12H2,1H3,(H,22,26)(H,23,25). The van der Waals surface area contributed by atoms with E-state index in [1.54, 1.807) is 4.90 Å². The van der Waals surface area contributed by atoms with Crippen molar-refractivity contribution in [3.8, 4) is 0 Å². The Kier molecular flexibility index (Phi) is 4.49. The van der Waals surface area contributed by atoms with E-state index >= 15 is 0 Å². The Bertz CT molecular complexity index is 847. The van der Waals surface area contributed by atoms with E-state index in [9.17, 15) is 9.59 Å². The molecule has 1 aromatic heterocycles. The molecule has 0 bridgehead atoms. The highest BCUT2D eigenvalue weighted by atomic mass is 16.2. The Balaban J connectivity index is 1.45. The minimum absolute atomic E-state index is 0.0259. The van der Waals surface area contributed by atoms with Gasteiger partial charge in [-0.15, -0.1) is 0 Å². The van der Waals surface area contributed by atoms with Gasteiger partial charge in [0.25, 0.3) is 0 Å². The van der Waals surface area contributed by atoms with Gasteiger partial charge < -0.3 is 15.5 Å². The first-order valence-electron chi connectivity index (χ1n) is 9.33. The van der Waals surface area contributed by atoms with Gasteiger partial charge in [-0.2, -0.15) is 0 Å². The number of fused-ring (bicyclic) bond motifs is 1. The summed E-state index contributed by atoms with van der Waals surface area (Å²) in [5.74, 6) is -0.204. The fourth-order valence-corrected chi connectivity index (χ4v) is 3.47. The highest BCUT2D eigenvalue weighted by molar-refractivity contribution is 6.02. The van der Waals surface area contributed by atoms with Gasteiger partial charge in [0.05, 0.1) is 17.1 Å². The minimum atomic E-state index is -0.178. The molecule has 6 nitrogen and oxygen atoms in total. The number of aryl methyl sites for hydroxylation is 1. The van der Waals surface area contributed by atoms with Crippen molar-refractivity contribution in [2.24, 2.45) is 5.92 Å². The molecule has 0 radical (unpaired) electrons. The van der Waals surface area contributed by atoms with Crippen LogP contribution in [0.25, 0.3) is 10.9 Å². The summed E-state index contributed by atoms with van der Waals surface area (Å²) in [7, 11) is 0. The second-order valence-electron chi connectivity index (χ2n) is 7.32. The third kappa shape index (κ3) is 3.64. The van der Waals surface area contributed by atoms with Crippen molar-refractivity contribution in [2.75, 3.05) is 18.4 Å². The number of nitrogens with one attached hydrogen (secondary N) is 2. The van der Waals surface area contributed by atoms with E-state index in [1.807, 2.05) is 37.3 Å². The molecule has 0 spiro atoms. The number of amides is 3. The highest BCUT2D eigenvalue weighted by Crippen LogP contribution is 2.25. The molecule has 1 aromatic carbocycles. The maximum atomic E-state index is 12.8. The van der Waals surface area contributed by atoms with E-state index in [0.717, 1.165) is 54.5 Å². The van der Waals surface area contributed by atoms with Crippen molar-refractivity contribution < 1.29 is 9.59 Å². The Hall–Kier alpha value is -2.63. The smallest absolute Gasteiger partial charge is 0.317 e. The van der Waals surface area contributed by atoms with E-state index in [-0.39, 0.29) is 17.9 Å². The number of piperidine rings is 1. The number of anilines is 1. The summed E-state index contributed by atoms with van der Waals surface area (Å²) in [6.07, 6.45) is 3.80. The first-order chi connectivity index (χ1) is 12.6. The number of carbonyl (C=O) groups excluding carboxylic acids is 2. The minimum Gasteiger partial charge on any atom is -0.335 e. The van der Waals surface area contributed by atoms with Gasteiger partial charge in [-0.05, 0) is 56.9 Å². The van der Waals surface area contributed by atoms with Crippen LogP contribution in [0.2, 0.25) is 0 Å². The van der Waals surface area contributed by atoms with Crippen LogP contribution < -0.4 is 10.6 Å². The number of nitrogens with zero attached hydrogens (tertiary/aromatic N) is 2. The zero-order chi connectivity index (χ0) is 18.1. The van der Waals surface area contributed by atoms with Crippen molar-refractivity contribution in [3.05, 3.63) is 36.0 Å². The molecular weight excluding hydrogens is 328 g/mol. The van der Waals surface area contributed by atoms with Crippen LogP contribution in [0.4, 0.5) is 10.5 Å². The molecule has 3 amide bonds. The van der Waals surface area contributed by atoms with Crippen molar-refractivity contribution in [3.63, 3.8) is 0 Å². The molecular formula is C20H24N4O2. The lowest BCUT2D eigenvalue weighted by molar-refractivity contribution is -0.121. The first kappa shape index (κ1) is 16.8. The fourth-order valence-electron chi connectivity index (χ4n) is 3.47. The van der Waals surface area contributed by atoms with Crippen LogP contribution in [-0.2, 0) is 4.79 Å². The molecule has 1 atom stereocenters. The third-order valence-corrected chi connectivity index (χ3v) is 5.11. The quantitative estimate of drug-likeness (QED) is 0.891. The van der Waals surface area contributed by atoms with Gasteiger partial charge >= 0.3 is 6.03 Å². The largest absolute Gasteiger partial charge is 0.335 e. The van der Waals surface area contributed by atoms with E-state index in [4.69, 9.17) is 0 Å². The number of urea groups is 1. The van der Waals surface area contributed by atoms with Crippen molar-refractivity contribution in [1.29, 1.82) is 0 Å². The number of benzene rings is 1. The number of pyridine rings is 1. The zero-order valence-electron chi connectivity index (χ0n) is 15.0. The number of rotatable bonds is 3. The van der Waals surface area contributed by atoms with Crippen molar-refractivity contribution >= 4 is 28.5 Å². The van der Waals surface area contributed by atoms with Gasteiger partial charge in [-0.25, -0.2) is 4.79 Å². The van der Waals surface area contributed by atoms with Crippen LogP contribution in [0.15, 0.2) is 30.3 Å². The van der Waals surface area contributed by atoms with E-state index in [0.29, 0.717) is 12.6 Å². The van der Waals surface area contributed by atoms with Gasteiger partial charge in [0, 0.05) is 30.2 Å².